The molecule has 1 aromatic heterocycles. The molecule has 5 heteroatoms. The Hall–Kier alpha value is -0.610. The van der Waals surface area contributed by atoms with Gasteiger partial charge in [-0.1, -0.05) is 13.8 Å². The van der Waals surface area contributed by atoms with Gasteiger partial charge in [-0.2, -0.15) is 0 Å². The summed E-state index contributed by atoms with van der Waals surface area (Å²) in [6.45, 7) is 4.66. The second kappa shape index (κ2) is 5.32. The lowest BCUT2D eigenvalue weighted by atomic mass is 10.2. The van der Waals surface area contributed by atoms with E-state index in [1.807, 2.05) is 5.38 Å². The van der Waals surface area contributed by atoms with Crippen LogP contribution in [0.3, 0.4) is 0 Å². The Kier molecular flexibility index (Phi) is 4.35. The number of nitrogens with one attached hydrogen (secondary N) is 1. The van der Waals surface area contributed by atoms with Crippen molar-refractivity contribution in [2.24, 2.45) is 0 Å². The lowest BCUT2D eigenvalue weighted by Crippen LogP contribution is -2.23. The number of hydrogen-bond donors (Lipinski definition) is 1. The van der Waals surface area contributed by atoms with Gasteiger partial charge in [0.05, 0.1) is 12.2 Å². The van der Waals surface area contributed by atoms with Gasteiger partial charge in [0.1, 0.15) is 10.9 Å². The van der Waals surface area contributed by atoms with Crippen LogP contribution in [0, 0.1) is 0 Å². The van der Waals surface area contributed by atoms with Crippen LogP contribution in [0.2, 0.25) is 0 Å². The van der Waals surface area contributed by atoms with Crippen molar-refractivity contribution in [1.82, 2.24) is 10.3 Å². The van der Waals surface area contributed by atoms with Gasteiger partial charge in [-0.25, -0.2) is 4.98 Å². The van der Waals surface area contributed by atoms with Crippen molar-refractivity contribution in [2.45, 2.75) is 26.3 Å². The number of thiazole rings is 1. The zero-order valence-corrected chi connectivity index (χ0v) is 9.78. The minimum absolute atomic E-state index is 0.00239. The van der Waals surface area contributed by atoms with E-state index in [2.05, 4.69) is 24.1 Å². The summed E-state index contributed by atoms with van der Waals surface area (Å²) in [6.07, 6.45) is 0. The topological polar surface area (TPSA) is 42.0 Å². The van der Waals surface area contributed by atoms with Crippen molar-refractivity contribution >= 4 is 28.8 Å². The molecule has 1 N–H and O–H groups in total. The highest BCUT2D eigenvalue weighted by atomic mass is 35.5. The molecular weight excluding hydrogens is 220 g/mol. The largest absolute Gasteiger partial charge is 0.349 e. The number of carbonyl (C=O) groups excluding carboxylic acids is 1. The predicted molar refractivity (Wildman–Crippen MR) is 58.8 cm³/mol. The van der Waals surface area contributed by atoms with Crippen LogP contribution < -0.4 is 5.32 Å². The average Bonchev–Trinajstić information content (AvgIpc) is 2.62. The molecule has 0 unspecified atom stereocenters. The van der Waals surface area contributed by atoms with Crippen molar-refractivity contribution in [1.29, 1.82) is 0 Å². The smallest absolute Gasteiger partial charge is 0.235 e. The first-order valence-electron chi connectivity index (χ1n) is 4.40. The van der Waals surface area contributed by atoms with Crippen molar-refractivity contribution in [3.63, 3.8) is 0 Å². The molecule has 0 bridgehead atoms. The first-order chi connectivity index (χ1) is 6.63. The second-order valence-corrected chi connectivity index (χ2v) is 4.44. The van der Waals surface area contributed by atoms with E-state index < -0.39 is 0 Å². The number of rotatable bonds is 4. The van der Waals surface area contributed by atoms with E-state index in [0.717, 1.165) is 10.7 Å². The minimum atomic E-state index is -0.159. The molecule has 14 heavy (non-hydrogen) atoms. The molecular formula is C9H13ClN2OS. The molecule has 0 saturated heterocycles. The molecule has 78 valence electrons. The molecule has 3 nitrogen and oxygen atoms in total. The van der Waals surface area contributed by atoms with E-state index in [9.17, 15) is 4.79 Å². The molecule has 1 heterocycles. The highest BCUT2D eigenvalue weighted by Crippen LogP contribution is 2.17. The van der Waals surface area contributed by atoms with Crippen LogP contribution in [0.5, 0.6) is 0 Å². The van der Waals surface area contributed by atoms with Gasteiger partial charge in [-0.3, -0.25) is 4.79 Å². The number of alkyl halides is 1. The molecule has 0 saturated carbocycles. The number of aromatic nitrogens is 1. The van der Waals surface area contributed by atoms with E-state index in [-0.39, 0.29) is 11.8 Å². The van der Waals surface area contributed by atoms with E-state index in [1.54, 1.807) is 11.3 Å². The Bertz CT molecular complexity index is 312. The van der Waals surface area contributed by atoms with Gasteiger partial charge in [0, 0.05) is 5.38 Å². The standard InChI is InChI=1S/C9H13ClN2OS/c1-6(2)7-5-14-9(12-7)4-11-8(13)3-10/h5-6H,3-4H2,1-2H3,(H,11,13). The molecule has 1 rings (SSSR count). The van der Waals surface area contributed by atoms with Crippen LogP contribution in [0.25, 0.3) is 0 Å². The lowest BCUT2D eigenvalue weighted by molar-refractivity contribution is -0.118. The van der Waals surface area contributed by atoms with Gasteiger partial charge in [0.2, 0.25) is 5.91 Å². The summed E-state index contributed by atoms with van der Waals surface area (Å²) >= 11 is 6.91. The Morgan fingerprint density at radius 2 is 2.43 bits per heavy atom. The Morgan fingerprint density at radius 1 is 1.71 bits per heavy atom. The average molecular weight is 233 g/mol. The third-order valence-electron chi connectivity index (χ3n) is 1.72. The fourth-order valence-corrected chi connectivity index (χ4v) is 1.88. The fraction of sp³-hybridized carbons (Fsp3) is 0.556. The summed E-state index contributed by atoms with van der Waals surface area (Å²) in [4.78, 5) is 15.2. The molecule has 0 aliphatic heterocycles. The summed E-state index contributed by atoms with van der Waals surface area (Å²) in [6, 6.07) is 0. The minimum Gasteiger partial charge on any atom is -0.349 e. The Morgan fingerprint density at radius 3 is 2.93 bits per heavy atom. The van der Waals surface area contributed by atoms with Crippen LogP contribution in [-0.2, 0) is 11.3 Å². The number of carbonyl (C=O) groups is 1. The monoisotopic (exact) mass is 232 g/mol. The molecule has 0 radical (unpaired) electrons. The molecule has 0 aromatic carbocycles. The van der Waals surface area contributed by atoms with Gasteiger partial charge >= 0.3 is 0 Å². The SMILES string of the molecule is CC(C)c1csc(CNC(=O)CCl)n1. The Balaban J connectivity index is 2.48. The number of amides is 1. The molecule has 0 aliphatic carbocycles. The third kappa shape index (κ3) is 3.27. The summed E-state index contributed by atoms with van der Waals surface area (Å²) in [7, 11) is 0. The van der Waals surface area contributed by atoms with Crippen LogP contribution in [0.15, 0.2) is 5.38 Å². The Labute approximate surface area is 92.5 Å². The maximum absolute atomic E-state index is 10.9. The number of hydrogen-bond acceptors (Lipinski definition) is 3. The van der Waals surface area contributed by atoms with Crippen molar-refractivity contribution < 1.29 is 4.79 Å². The van der Waals surface area contributed by atoms with Crippen molar-refractivity contribution in [3.8, 4) is 0 Å². The number of nitrogens with zero attached hydrogens (tertiary/aromatic N) is 1. The first kappa shape index (κ1) is 11.5. The van der Waals surface area contributed by atoms with Gasteiger partial charge in [-0.05, 0) is 5.92 Å². The third-order valence-corrected chi connectivity index (χ3v) is 2.83. The quantitative estimate of drug-likeness (QED) is 0.809. The van der Waals surface area contributed by atoms with E-state index in [1.165, 1.54) is 0 Å². The molecule has 0 aliphatic rings. The molecule has 0 spiro atoms. The molecule has 1 amide bonds. The van der Waals surface area contributed by atoms with Crippen LogP contribution in [0.4, 0.5) is 0 Å². The first-order valence-corrected chi connectivity index (χ1v) is 5.82. The van der Waals surface area contributed by atoms with Crippen LogP contribution in [-0.4, -0.2) is 16.8 Å². The van der Waals surface area contributed by atoms with Gasteiger partial charge in [-0.15, -0.1) is 22.9 Å². The molecule has 0 fully saturated rings. The summed E-state index contributed by atoms with van der Waals surface area (Å²) in [5.74, 6) is 0.277. The van der Waals surface area contributed by atoms with E-state index in [4.69, 9.17) is 11.6 Å². The second-order valence-electron chi connectivity index (χ2n) is 3.23. The fourth-order valence-electron chi connectivity index (χ4n) is 0.893. The van der Waals surface area contributed by atoms with Gasteiger partial charge in [0.25, 0.3) is 0 Å². The van der Waals surface area contributed by atoms with Crippen LogP contribution in [0.1, 0.15) is 30.5 Å². The maximum atomic E-state index is 10.9. The van der Waals surface area contributed by atoms with E-state index >= 15 is 0 Å². The zero-order chi connectivity index (χ0) is 10.6. The summed E-state index contributed by atoms with van der Waals surface area (Å²) < 4.78 is 0. The van der Waals surface area contributed by atoms with Crippen molar-refractivity contribution in [2.75, 3.05) is 5.88 Å². The molecule has 1 aromatic rings. The lowest BCUT2D eigenvalue weighted by Gasteiger charge is -1.99. The van der Waals surface area contributed by atoms with Gasteiger partial charge < -0.3 is 5.32 Å². The number of halogens is 1. The van der Waals surface area contributed by atoms with Crippen LogP contribution >= 0.6 is 22.9 Å². The summed E-state index contributed by atoms with van der Waals surface area (Å²) in [5.41, 5.74) is 1.07. The normalized spacial score (nSPS) is 10.6. The summed E-state index contributed by atoms with van der Waals surface area (Å²) in [5, 5.41) is 5.62. The predicted octanol–water partition coefficient (Wildman–Crippen LogP) is 2.12. The zero-order valence-electron chi connectivity index (χ0n) is 8.21. The van der Waals surface area contributed by atoms with Gasteiger partial charge in [0.15, 0.2) is 0 Å². The highest BCUT2D eigenvalue weighted by Gasteiger charge is 2.06. The molecule has 0 atom stereocenters. The maximum Gasteiger partial charge on any atom is 0.235 e. The highest BCUT2D eigenvalue weighted by molar-refractivity contribution is 7.09. The van der Waals surface area contributed by atoms with E-state index in [0.29, 0.717) is 12.5 Å². The van der Waals surface area contributed by atoms with Crippen molar-refractivity contribution in [3.05, 3.63) is 16.1 Å².